The Morgan fingerprint density at radius 3 is 2.89 bits per heavy atom. The Kier molecular flexibility index (Phi) is 4.10. The van der Waals surface area contributed by atoms with Crippen molar-refractivity contribution >= 4 is 0 Å². The number of nitrogens with zero attached hydrogens (tertiary/aromatic N) is 2. The number of aromatic nitrogens is 2. The van der Waals surface area contributed by atoms with Crippen LogP contribution in [0.5, 0.6) is 0 Å². The second-order valence-electron chi connectivity index (χ2n) is 6.14. The summed E-state index contributed by atoms with van der Waals surface area (Å²) in [4.78, 5) is 4.42. The molecule has 0 spiro atoms. The minimum absolute atomic E-state index is 0.539. The standard InChI is InChI=1S/C15H26N2O/c1-4-8-17-9-7-16-14(17)11-15(18)6-5-12(2)13(3)10-15/h7,9,12-13,18H,4-6,8,10-11H2,1-3H3. The predicted molar refractivity (Wildman–Crippen MR) is 73.4 cm³/mol. The average Bonchev–Trinajstić information content (AvgIpc) is 2.72. The van der Waals surface area contributed by atoms with Gasteiger partial charge in [0.15, 0.2) is 0 Å². The van der Waals surface area contributed by atoms with Crippen LogP contribution in [-0.2, 0) is 13.0 Å². The van der Waals surface area contributed by atoms with Crippen molar-refractivity contribution < 1.29 is 5.11 Å². The van der Waals surface area contributed by atoms with Gasteiger partial charge in [0, 0.05) is 25.4 Å². The smallest absolute Gasteiger partial charge is 0.111 e. The number of hydrogen-bond donors (Lipinski definition) is 1. The summed E-state index contributed by atoms with van der Waals surface area (Å²) in [5.41, 5.74) is -0.539. The van der Waals surface area contributed by atoms with Gasteiger partial charge in [-0.3, -0.25) is 0 Å². The van der Waals surface area contributed by atoms with E-state index >= 15 is 0 Å². The number of aryl methyl sites for hydroxylation is 1. The van der Waals surface area contributed by atoms with Gasteiger partial charge < -0.3 is 9.67 Å². The zero-order valence-electron chi connectivity index (χ0n) is 11.9. The highest BCUT2D eigenvalue weighted by Crippen LogP contribution is 2.37. The van der Waals surface area contributed by atoms with Crippen molar-refractivity contribution in [3.8, 4) is 0 Å². The first-order chi connectivity index (χ1) is 8.54. The summed E-state index contributed by atoms with van der Waals surface area (Å²) in [6, 6.07) is 0. The van der Waals surface area contributed by atoms with Crippen LogP contribution in [0, 0.1) is 11.8 Å². The van der Waals surface area contributed by atoms with Crippen molar-refractivity contribution in [3.05, 3.63) is 18.2 Å². The molecule has 1 aromatic heterocycles. The minimum Gasteiger partial charge on any atom is -0.389 e. The molecule has 0 aromatic carbocycles. The van der Waals surface area contributed by atoms with Crippen LogP contribution in [0.1, 0.15) is 52.3 Å². The van der Waals surface area contributed by atoms with Crippen molar-refractivity contribution in [2.45, 2.75) is 65.0 Å². The van der Waals surface area contributed by atoms with Crippen molar-refractivity contribution in [1.29, 1.82) is 0 Å². The van der Waals surface area contributed by atoms with E-state index in [2.05, 4.69) is 30.3 Å². The van der Waals surface area contributed by atoms with Crippen LogP contribution >= 0.6 is 0 Å². The van der Waals surface area contributed by atoms with E-state index in [9.17, 15) is 5.11 Å². The van der Waals surface area contributed by atoms with Gasteiger partial charge in [-0.1, -0.05) is 20.8 Å². The molecule has 1 fully saturated rings. The fraction of sp³-hybridized carbons (Fsp3) is 0.800. The summed E-state index contributed by atoms with van der Waals surface area (Å²) in [5, 5.41) is 10.8. The van der Waals surface area contributed by atoms with Crippen LogP contribution < -0.4 is 0 Å². The number of aliphatic hydroxyl groups is 1. The zero-order chi connectivity index (χ0) is 13.2. The Morgan fingerprint density at radius 2 is 2.22 bits per heavy atom. The molecular weight excluding hydrogens is 224 g/mol. The van der Waals surface area contributed by atoms with Crippen LogP contribution in [0.4, 0.5) is 0 Å². The molecule has 0 saturated heterocycles. The fourth-order valence-corrected chi connectivity index (χ4v) is 3.09. The van der Waals surface area contributed by atoms with Gasteiger partial charge in [0.2, 0.25) is 0 Å². The topological polar surface area (TPSA) is 38.0 Å². The van der Waals surface area contributed by atoms with Gasteiger partial charge in [-0.25, -0.2) is 4.98 Å². The lowest BCUT2D eigenvalue weighted by atomic mass is 9.72. The van der Waals surface area contributed by atoms with E-state index in [1.54, 1.807) is 0 Å². The molecule has 0 aliphatic heterocycles. The minimum atomic E-state index is -0.539. The third-order valence-corrected chi connectivity index (χ3v) is 4.49. The normalized spacial score (nSPS) is 32.7. The molecule has 1 aromatic rings. The number of rotatable bonds is 4. The van der Waals surface area contributed by atoms with E-state index in [0.29, 0.717) is 12.3 Å². The van der Waals surface area contributed by atoms with Gasteiger partial charge in [-0.15, -0.1) is 0 Å². The molecule has 3 heteroatoms. The van der Waals surface area contributed by atoms with Crippen LogP contribution in [0.3, 0.4) is 0 Å². The van der Waals surface area contributed by atoms with Crippen molar-refractivity contribution in [2.75, 3.05) is 0 Å². The maximum absolute atomic E-state index is 10.8. The molecule has 0 radical (unpaired) electrons. The fourth-order valence-electron chi connectivity index (χ4n) is 3.09. The highest BCUT2D eigenvalue weighted by molar-refractivity contribution is 5.01. The molecule has 0 bridgehead atoms. The van der Waals surface area contributed by atoms with Gasteiger partial charge >= 0.3 is 0 Å². The maximum atomic E-state index is 10.8. The summed E-state index contributed by atoms with van der Waals surface area (Å²) in [6.45, 7) is 7.72. The first-order valence-electron chi connectivity index (χ1n) is 7.26. The van der Waals surface area contributed by atoms with Gasteiger partial charge in [-0.2, -0.15) is 0 Å². The number of hydrogen-bond acceptors (Lipinski definition) is 2. The Hall–Kier alpha value is -0.830. The van der Waals surface area contributed by atoms with Crippen LogP contribution in [-0.4, -0.2) is 20.3 Å². The Morgan fingerprint density at radius 1 is 1.44 bits per heavy atom. The molecule has 102 valence electrons. The molecule has 1 saturated carbocycles. The Bertz CT molecular complexity index is 388. The lowest BCUT2D eigenvalue weighted by Crippen LogP contribution is -2.40. The second-order valence-corrected chi connectivity index (χ2v) is 6.14. The van der Waals surface area contributed by atoms with Gasteiger partial charge in [0.1, 0.15) is 5.82 Å². The summed E-state index contributed by atoms with van der Waals surface area (Å²) in [7, 11) is 0. The highest BCUT2D eigenvalue weighted by atomic mass is 16.3. The van der Waals surface area contributed by atoms with Crippen molar-refractivity contribution in [3.63, 3.8) is 0 Å². The van der Waals surface area contributed by atoms with E-state index in [-0.39, 0.29) is 0 Å². The molecular formula is C15H26N2O. The lowest BCUT2D eigenvalue weighted by Gasteiger charge is -2.39. The summed E-state index contributed by atoms with van der Waals surface area (Å²) in [6.07, 6.45) is 8.64. The molecule has 18 heavy (non-hydrogen) atoms. The molecule has 0 amide bonds. The highest BCUT2D eigenvalue weighted by Gasteiger charge is 2.36. The van der Waals surface area contributed by atoms with E-state index in [0.717, 1.165) is 44.0 Å². The molecule has 1 aliphatic carbocycles. The van der Waals surface area contributed by atoms with Gasteiger partial charge in [0.25, 0.3) is 0 Å². The van der Waals surface area contributed by atoms with Crippen LogP contribution in [0.2, 0.25) is 0 Å². The first-order valence-corrected chi connectivity index (χ1v) is 7.26. The number of imidazole rings is 1. The molecule has 2 rings (SSSR count). The summed E-state index contributed by atoms with van der Waals surface area (Å²) < 4.78 is 2.18. The summed E-state index contributed by atoms with van der Waals surface area (Å²) >= 11 is 0. The molecule has 3 atom stereocenters. The third kappa shape index (κ3) is 2.94. The van der Waals surface area contributed by atoms with E-state index in [1.165, 1.54) is 0 Å². The third-order valence-electron chi connectivity index (χ3n) is 4.49. The van der Waals surface area contributed by atoms with E-state index in [1.807, 2.05) is 12.4 Å². The van der Waals surface area contributed by atoms with Crippen LogP contribution in [0.25, 0.3) is 0 Å². The Balaban J connectivity index is 2.05. The molecule has 3 unspecified atom stereocenters. The van der Waals surface area contributed by atoms with E-state index in [4.69, 9.17) is 0 Å². The summed E-state index contributed by atoms with van der Waals surface area (Å²) in [5.74, 6) is 2.39. The predicted octanol–water partition coefficient (Wildman–Crippen LogP) is 3.02. The van der Waals surface area contributed by atoms with Crippen LogP contribution in [0.15, 0.2) is 12.4 Å². The van der Waals surface area contributed by atoms with Crippen molar-refractivity contribution in [1.82, 2.24) is 9.55 Å². The SMILES string of the molecule is CCCn1ccnc1CC1(O)CCC(C)C(C)C1. The van der Waals surface area contributed by atoms with Crippen molar-refractivity contribution in [2.24, 2.45) is 11.8 Å². The average molecular weight is 250 g/mol. The quantitative estimate of drug-likeness (QED) is 0.892. The Labute approximate surface area is 110 Å². The van der Waals surface area contributed by atoms with Gasteiger partial charge in [0.05, 0.1) is 5.60 Å². The molecule has 1 N–H and O–H groups in total. The second kappa shape index (κ2) is 5.43. The first kappa shape index (κ1) is 13.6. The largest absolute Gasteiger partial charge is 0.389 e. The van der Waals surface area contributed by atoms with E-state index < -0.39 is 5.60 Å². The lowest BCUT2D eigenvalue weighted by molar-refractivity contribution is -0.0299. The molecule has 1 aliphatic rings. The zero-order valence-corrected chi connectivity index (χ0v) is 11.9. The molecule has 1 heterocycles. The monoisotopic (exact) mass is 250 g/mol. The maximum Gasteiger partial charge on any atom is 0.111 e. The van der Waals surface area contributed by atoms with Gasteiger partial charge in [-0.05, 0) is 37.5 Å². The molecule has 3 nitrogen and oxygen atoms in total.